The van der Waals surface area contributed by atoms with Gasteiger partial charge >= 0.3 is 6.18 Å². The van der Waals surface area contributed by atoms with Gasteiger partial charge in [0.2, 0.25) is 0 Å². The number of aromatic nitrogens is 3. The van der Waals surface area contributed by atoms with Crippen molar-refractivity contribution in [2.75, 3.05) is 6.61 Å². The van der Waals surface area contributed by atoms with E-state index in [0.29, 0.717) is 12.1 Å². The summed E-state index contributed by atoms with van der Waals surface area (Å²) in [5.41, 5.74) is 0.817. The van der Waals surface area contributed by atoms with Crippen molar-refractivity contribution in [2.45, 2.75) is 81.4 Å². The van der Waals surface area contributed by atoms with E-state index in [1.165, 1.54) is 19.0 Å². The first-order valence-corrected chi connectivity index (χ1v) is 10.8. The van der Waals surface area contributed by atoms with Gasteiger partial charge in [0.1, 0.15) is 0 Å². The summed E-state index contributed by atoms with van der Waals surface area (Å²) < 4.78 is 44.2. The van der Waals surface area contributed by atoms with E-state index < -0.39 is 11.9 Å². The number of rotatable bonds is 6. The molecular weight excluding hydrogens is 391 g/mol. The number of pyridine rings is 1. The predicted octanol–water partition coefficient (Wildman–Crippen LogP) is 5.66. The Bertz CT molecular complexity index is 820. The molecular formula is C23H28F3N3O. The third-order valence-corrected chi connectivity index (χ3v) is 6.71. The van der Waals surface area contributed by atoms with Gasteiger partial charge in [-0.2, -0.15) is 13.2 Å². The van der Waals surface area contributed by atoms with Crippen LogP contribution in [0, 0.1) is 0 Å². The molecule has 2 aliphatic rings. The van der Waals surface area contributed by atoms with Gasteiger partial charge in [0.15, 0.2) is 5.69 Å². The summed E-state index contributed by atoms with van der Waals surface area (Å²) in [6.45, 7) is 0.765. The van der Waals surface area contributed by atoms with Crippen molar-refractivity contribution in [1.82, 2.24) is 15.0 Å². The number of hydrogen-bond donors (Lipinski definition) is 0. The molecule has 1 atom stereocenters. The Hall–Kier alpha value is -2.02. The molecule has 2 fully saturated rings. The Morgan fingerprint density at radius 1 is 0.967 bits per heavy atom. The third-order valence-electron chi connectivity index (χ3n) is 6.71. The van der Waals surface area contributed by atoms with Gasteiger partial charge in [-0.1, -0.05) is 25.3 Å². The number of ether oxygens (including phenoxy) is 1. The Balaban J connectivity index is 1.41. The fraction of sp³-hybridized carbons (Fsp3) is 0.609. The molecule has 0 bridgehead atoms. The molecule has 1 spiro atoms. The minimum Gasteiger partial charge on any atom is -0.375 e. The molecule has 1 aliphatic carbocycles. The summed E-state index contributed by atoms with van der Waals surface area (Å²) in [6, 6.07) is 6.14. The maximum atomic E-state index is 12.6. The standard InChI is InChI=1S/C23H28F3N3O/c24-23(25,26)20-16-28-18(15-29-20)7-1-3-9-21(19-8-2-6-13-27-19)12-14-30-22(17-21)10-4-5-11-22/h2,6,8,13,15-16H,1,3-5,7,9-12,14,17H2. The average Bonchev–Trinajstić information content (AvgIpc) is 3.19. The summed E-state index contributed by atoms with van der Waals surface area (Å²) >= 11 is 0. The van der Waals surface area contributed by atoms with Crippen LogP contribution >= 0.6 is 0 Å². The Labute approximate surface area is 175 Å². The maximum Gasteiger partial charge on any atom is 0.434 e. The molecule has 4 rings (SSSR count). The van der Waals surface area contributed by atoms with Crippen LogP contribution in [0.1, 0.15) is 74.9 Å². The fourth-order valence-corrected chi connectivity index (χ4v) is 5.20. The topological polar surface area (TPSA) is 47.9 Å². The van der Waals surface area contributed by atoms with Crippen LogP contribution in [-0.2, 0) is 22.7 Å². The van der Waals surface area contributed by atoms with Crippen molar-refractivity contribution in [2.24, 2.45) is 0 Å². The van der Waals surface area contributed by atoms with Gasteiger partial charge in [-0.05, 0) is 57.1 Å². The molecule has 2 aromatic rings. The normalized spacial score (nSPS) is 23.7. The van der Waals surface area contributed by atoms with E-state index in [2.05, 4.69) is 22.1 Å². The van der Waals surface area contributed by atoms with Crippen molar-refractivity contribution in [1.29, 1.82) is 0 Å². The molecule has 0 amide bonds. The Kier molecular flexibility index (Phi) is 6.09. The van der Waals surface area contributed by atoms with Crippen LogP contribution < -0.4 is 0 Å². The van der Waals surface area contributed by atoms with E-state index in [9.17, 15) is 13.2 Å². The molecule has 0 aromatic carbocycles. The zero-order valence-electron chi connectivity index (χ0n) is 17.1. The van der Waals surface area contributed by atoms with E-state index >= 15 is 0 Å². The molecule has 0 radical (unpaired) electrons. The molecule has 3 heterocycles. The molecule has 162 valence electrons. The van der Waals surface area contributed by atoms with Crippen molar-refractivity contribution >= 4 is 0 Å². The highest BCUT2D eigenvalue weighted by Gasteiger charge is 2.48. The lowest BCUT2D eigenvalue weighted by Gasteiger charge is -2.46. The largest absolute Gasteiger partial charge is 0.434 e. The van der Waals surface area contributed by atoms with Crippen molar-refractivity contribution in [3.05, 3.63) is 53.9 Å². The quantitative estimate of drug-likeness (QED) is 0.567. The molecule has 7 heteroatoms. The Morgan fingerprint density at radius 3 is 2.47 bits per heavy atom. The molecule has 1 unspecified atom stereocenters. The lowest BCUT2D eigenvalue weighted by molar-refractivity contribution is -0.141. The summed E-state index contributed by atoms with van der Waals surface area (Å²) in [5, 5.41) is 0. The minimum atomic E-state index is -4.44. The molecule has 30 heavy (non-hydrogen) atoms. The van der Waals surface area contributed by atoms with E-state index in [0.717, 1.165) is 63.4 Å². The van der Waals surface area contributed by atoms with Gasteiger partial charge in [-0.25, -0.2) is 4.98 Å². The van der Waals surface area contributed by atoms with E-state index in [1.807, 2.05) is 12.3 Å². The molecule has 4 nitrogen and oxygen atoms in total. The van der Waals surface area contributed by atoms with Crippen LogP contribution in [0.25, 0.3) is 0 Å². The van der Waals surface area contributed by atoms with E-state index in [-0.39, 0.29) is 11.0 Å². The second kappa shape index (κ2) is 8.61. The first-order valence-electron chi connectivity index (χ1n) is 10.8. The SMILES string of the molecule is FC(F)(F)c1cnc(CCCCC2(c3ccccn3)CCOC3(CCCC3)C2)cn1. The number of halogens is 3. The first kappa shape index (κ1) is 21.2. The number of unbranched alkanes of at least 4 members (excludes halogenated alkanes) is 1. The monoisotopic (exact) mass is 419 g/mol. The molecule has 2 aromatic heterocycles. The van der Waals surface area contributed by atoms with Crippen molar-refractivity contribution < 1.29 is 17.9 Å². The van der Waals surface area contributed by atoms with Crippen LogP contribution in [0.3, 0.4) is 0 Å². The van der Waals surface area contributed by atoms with Gasteiger partial charge in [-0.15, -0.1) is 0 Å². The van der Waals surface area contributed by atoms with E-state index in [4.69, 9.17) is 9.72 Å². The lowest BCUT2D eigenvalue weighted by atomic mass is 9.67. The summed E-state index contributed by atoms with van der Waals surface area (Å²) in [7, 11) is 0. The second-order valence-electron chi connectivity index (χ2n) is 8.76. The average molecular weight is 419 g/mol. The zero-order valence-corrected chi connectivity index (χ0v) is 17.1. The number of nitrogens with zero attached hydrogens (tertiary/aromatic N) is 3. The summed E-state index contributed by atoms with van der Waals surface area (Å²) in [4.78, 5) is 12.2. The minimum absolute atomic E-state index is 0.00528. The van der Waals surface area contributed by atoms with Crippen LogP contribution in [0.5, 0.6) is 0 Å². The van der Waals surface area contributed by atoms with Gasteiger partial charge in [0.25, 0.3) is 0 Å². The number of aryl methyl sites for hydroxylation is 1. The molecule has 1 aliphatic heterocycles. The second-order valence-corrected chi connectivity index (χ2v) is 8.76. The van der Waals surface area contributed by atoms with Crippen LogP contribution in [0.2, 0.25) is 0 Å². The maximum absolute atomic E-state index is 12.6. The van der Waals surface area contributed by atoms with Crippen LogP contribution in [0.15, 0.2) is 36.8 Å². The van der Waals surface area contributed by atoms with Gasteiger partial charge in [-0.3, -0.25) is 9.97 Å². The molecule has 0 N–H and O–H groups in total. The van der Waals surface area contributed by atoms with Crippen LogP contribution in [0.4, 0.5) is 13.2 Å². The van der Waals surface area contributed by atoms with Gasteiger partial charge in [0, 0.05) is 30.1 Å². The zero-order chi connectivity index (χ0) is 21.1. The molecule has 1 saturated heterocycles. The van der Waals surface area contributed by atoms with Crippen molar-refractivity contribution in [3.8, 4) is 0 Å². The first-order chi connectivity index (χ1) is 14.4. The third kappa shape index (κ3) is 4.66. The van der Waals surface area contributed by atoms with Gasteiger partial charge < -0.3 is 4.74 Å². The highest BCUT2D eigenvalue weighted by Crippen LogP contribution is 2.50. The van der Waals surface area contributed by atoms with Crippen molar-refractivity contribution in [3.63, 3.8) is 0 Å². The predicted molar refractivity (Wildman–Crippen MR) is 107 cm³/mol. The number of hydrogen-bond acceptors (Lipinski definition) is 4. The van der Waals surface area contributed by atoms with E-state index in [1.54, 1.807) is 0 Å². The highest BCUT2D eigenvalue weighted by molar-refractivity contribution is 5.20. The molecule has 1 saturated carbocycles. The van der Waals surface area contributed by atoms with Crippen LogP contribution in [-0.4, -0.2) is 27.2 Å². The summed E-state index contributed by atoms with van der Waals surface area (Å²) in [6.07, 6.45) is 9.65. The fourth-order valence-electron chi connectivity index (χ4n) is 5.20. The Morgan fingerprint density at radius 2 is 1.80 bits per heavy atom. The lowest BCUT2D eigenvalue weighted by Crippen LogP contribution is -2.46. The number of alkyl halides is 3. The van der Waals surface area contributed by atoms with Gasteiger partial charge in [0.05, 0.1) is 17.5 Å². The highest BCUT2D eigenvalue weighted by atomic mass is 19.4. The smallest absolute Gasteiger partial charge is 0.375 e. The summed E-state index contributed by atoms with van der Waals surface area (Å²) in [5.74, 6) is 0.